The number of aliphatic hydroxyl groups is 1. The first-order valence-corrected chi connectivity index (χ1v) is 7.45. The van der Waals surface area contributed by atoms with Gasteiger partial charge in [0.2, 0.25) is 5.91 Å². The fraction of sp³-hybridized carbons (Fsp3) is 0.800. The van der Waals surface area contributed by atoms with Crippen molar-refractivity contribution in [3.8, 4) is 0 Å². The van der Waals surface area contributed by atoms with Gasteiger partial charge in [0.15, 0.2) is 12.0 Å². The van der Waals surface area contributed by atoms with Gasteiger partial charge in [0.05, 0.1) is 6.42 Å². The fourth-order valence-electron chi connectivity index (χ4n) is 2.43. The van der Waals surface area contributed by atoms with Crippen molar-refractivity contribution in [2.24, 2.45) is 0 Å². The monoisotopic (exact) mass is 285 g/mol. The Morgan fingerprint density at radius 2 is 1.90 bits per heavy atom. The van der Waals surface area contributed by atoms with Gasteiger partial charge in [-0.25, -0.2) is 0 Å². The number of rotatable bonds is 9. The zero-order chi connectivity index (χ0) is 15.2. The van der Waals surface area contributed by atoms with Gasteiger partial charge in [-0.1, -0.05) is 13.3 Å². The van der Waals surface area contributed by atoms with Crippen molar-refractivity contribution in [3.63, 3.8) is 0 Å². The second-order valence-corrected chi connectivity index (χ2v) is 5.03. The van der Waals surface area contributed by atoms with Crippen LogP contribution in [0.15, 0.2) is 11.6 Å². The standard InChI is InChI=1S/C15H27NO4/c1-5-8-9-16-13(17)10-12(4)15(16,18)11-14(19-6-2)20-7-3/h10,14,18H,5-9,11H2,1-4H3. The molecule has 0 bridgehead atoms. The molecule has 0 aromatic heterocycles. The zero-order valence-electron chi connectivity index (χ0n) is 13.0. The van der Waals surface area contributed by atoms with Gasteiger partial charge in [-0.15, -0.1) is 0 Å². The first kappa shape index (κ1) is 17.1. The molecule has 1 N–H and O–H groups in total. The van der Waals surface area contributed by atoms with Crippen LogP contribution >= 0.6 is 0 Å². The molecule has 0 spiro atoms. The summed E-state index contributed by atoms with van der Waals surface area (Å²) in [7, 11) is 0. The van der Waals surface area contributed by atoms with E-state index in [4.69, 9.17) is 9.47 Å². The van der Waals surface area contributed by atoms with Crippen LogP contribution in [-0.2, 0) is 14.3 Å². The predicted octanol–water partition coefficient (Wildman–Crippen LogP) is 2.05. The smallest absolute Gasteiger partial charge is 0.249 e. The Labute approximate surface area is 121 Å². The van der Waals surface area contributed by atoms with Gasteiger partial charge in [-0.05, 0) is 32.8 Å². The molecule has 1 atom stereocenters. The van der Waals surface area contributed by atoms with Crippen molar-refractivity contribution in [3.05, 3.63) is 11.6 Å². The summed E-state index contributed by atoms with van der Waals surface area (Å²) in [5.74, 6) is -0.134. The lowest BCUT2D eigenvalue weighted by atomic mass is 10.0. The Kier molecular flexibility index (Phi) is 6.65. The molecule has 0 aliphatic carbocycles. The van der Waals surface area contributed by atoms with E-state index in [-0.39, 0.29) is 12.3 Å². The Bertz CT molecular complexity index is 350. The minimum Gasteiger partial charge on any atom is -0.367 e. The predicted molar refractivity (Wildman–Crippen MR) is 77.0 cm³/mol. The average Bonchev–Trinajstić information content (AvgIpc) is 2.59. The lowest BCUT2D eigenvalue weighted by Gasteiger charge is -2.37. The van der Waals surface area contributed by atoms with Gasteiger partial charge in [-0.2, -0.15) is 0 Å². The molecule has 1 rings (SSSR count). The molecular formula is C15H27NO4. The molecule has 116 valence electrons. The molecule has 1 heterocycles. The maximum atomic E-state index is 12.0. The number of ether oxygens (including phenoxy) is 2. The molecule has 0 aromatic carbocycles. The highest BCUT2D eigenvalue weighted by molar-refractivity contribution is 5.92. The van der Waals surface area contributed by atoms with Gasteiger partial charge in [-0.3, -0.25) is 4.79 Å². The third kappa shape index (κ3) is 3.81. The van der Waals surface area contributed by atoms with Crippen LogP contribution in [0.4, 0.5) is 0 Å². The van der Waals surface area contributed by atoms with Crippen molar-refractivity contribution < 1.29 is 19.4 Å². The summed E-state index contributed by atoms with van der Waals surface area (Å²) in [5, 5.41) is 10.9. The summed E-state index contributed by atoms with van der Waals surface area (Å²) in [6.07, 6.45) is 3.08. The molecule has 1 amide bonds. The van der Waals surface area contributed by atoms with E-state index in [9.17, 15) is 9.90 Å². The molecule has 5 heteroatoms. The average molecular weight is 285 g/mol. The molecule has 0 saturated carbocycles. The maximum Gasteiger partial charge on any atom is 0.249 e. The van der Waals surface area contributed by atoms with E-state index in [0.29, 0.717) is 25.3 Å². The maximum absolute atomic E-state index is 12.0. The molecule has 20 heavy (non-hydrogen) atoms. The fourth-order valence-corrected chi connectivity index (χ4v) is 2.43. The highest BCUT2D eigenvalue weighted by Gasteiger charge is 2.45. The van der Waals surface area contributed by atoms with E-state index in [2.05, 4.69) is 6.92 Å². The van der Waals surface area contributed by atoms with Crippen LogP contribution in [0.1, 0.15) is 47.0 Å². The lowest BCUT2D eigenvalue weighted by molar-refractivity contribution is -0.190. The molecule has 5 nitrogen and oxygen atoms in total. The quantitative estimate of drug-likeness (QED) is 0.659. The van der Waals surface area contributed by atoms with Crippen molar-refractivity contribution in [2.45, 2.75) is 59.0 Å². The molecule has 1 aliphatic heterocycles. The topological polar surface area (TPSA) is 59.0 Å². The summed E-state index contributed by atoms with van der Waals surface area (Å²) in [6.45, 7) is 9.16. The van der Waals surface area contributed by atoms with Crippen molar-refractivity contribution in [1.82, 2.24) is 4.90 Å². The number of carbonyl (C=O) groups excluding carboxylic acids is 1. The van der Waals surface area contributed by atoms with Gasteiger partial charge in [0, 0.05) is 25.8 Å². The Balaban J connectivity index is 2.84. The molecule has 0 saturated heterocycles. The number of unbranched alkanes of at least 4 members (excludes halogenated alkanes) is 1. The van der Waals surface area contributed by atoms with Gasteiger partial charge in [0.1, 0.15) is 0 Å². The summed E-state index contributed by atoms with van der Waals surface area (Å²) < 4.78 is 11.0. The van der Waals surface area contributed by atoms with E-state index >= 15 is 0 Å². The van der Waals surface area contributed by atoms with Crippen LogP contribution in [0.2, 0.25) is 0 Å². The summed E-state index contributed by atoms with van der Waals surface area (Å²) in [6, 6.07) is 0. The lowest BCUT2D eigenvalue weighted by Crippen LogP contribution is -2.51. The van der Waals surface area contributed by atoms with E-state index < -0.39 is 12.0 Å². The molecular weight excluding hydrogens is 258 g/mol. The van der Waals surface area contributed by atoms with Crippen molar-refractivity contribution in [1.29, 1.82) is 0 Å². The van der Waals surface area contributed by atoms with Crippen LogP contribution in [0.25, 0.3) is 0 Å². The second kappa shape index (κ2) is 7.76. The van der Waals surface area contributed by atoms with Gasteiger partial charge < -0.3 is 19.5 Å². The van der Waals surface area contributed by atoms with Gasteiger partial charge in [0.25, 0.3) is 0 Å². The van der Waals surface area contributed by atoms with Gasteiger partial charge >= 0.3 is 0 Å². The van der Waals surface area contributed by atoms with E-state index in [1.807, 2.05) is 13.8 Å². The van der Waals surface area contributed by atoms with Crippen LogP contribution in [0.5, 0.6) is 0 Å². The number of hydrogen-bond donors (Lipinski definition) is 1. The first-order valence-electron chi connectivity index (χ1n) is 7.45. The van der Waals surface area contributed by atoms with E-state index in [1.165, 1.54) is 11.0 Å². The minimum atomic E-state index is -1.29. The van der Waals surface area contributed by atoms with Crippen molar-refractivity contribution in [2.75, 3.05) is 19.8 Å². The molecule has 1 unspecified atom stereocenters. The summed E-state index contributed by atoms with van der Waals surface area (Å²) >= 11 is 0. The van der Waals surface area contributed by atoms with E-state index in [1.54, 1.807) is 6.92 Å². The SMILES string of the molecule is CCCCN1C(=O)C=C(C)C1(O)CC(OCC)OCC. The van der Waals surface area contributed by atoms with E-state index in [0.717, 1.165) is 12.8 Å². The van der Waals surface area contributed by atoms with Crippen molar-refractivity contribution >= 4 is 5.91 Å². The molecule has 0 fully saturated rings. The number of nitrogens with zero attached hydrogens (tertiary/aromatic N) is 1. The first-order chi connectivity index (χ1) is 9.49. The number of carbonyl (C=O) groups is 1. The highest BCUT2D eigenvalue weighted by atomic mass is 16.7. The Morgan fingerprint density at radius 1 is 1.30 bits per heavy atom. The van der Waals surface area contributed by atoms with Crippen LogP contribution in [-0.4, -0.2) is 47.7 Å². The molecule has 0 aromatic rings. The Hall–Kier alpha value is -0.910. The largest absolute Gasteiger partial charge is 0.367 e. The third-order valence-corrected chi connectivity index (χ3v) is 3.58. The highest BCUT2D eigenvalue weighted by Crippen LogP contribution is 2.34. The normalized spacial score (nSPS) is 22.8. The molecule has 0 radical (unpaired) electrons. The van der Waals surface area contributed by atoms with Crippen LogP contribution < -0.4 is 0 Å². The van der Waals surface area contributed by atoms with Crippen LogP contribution in [0.3, 0.4) is 0 Å². The summed E-state index contributed by atoms with van der Waals surface area (Å²) in [5.41, 5.74) is -0.635. The van der Waals surface area contributed by atoms with Crippen LogP contribution in [0, 0.1) is 0 Å². The molecule has 1 aliphatic rings. The summed E-state index contributed by atoms with van der Waals surface area (Å²) in [4.78, 5) is 13.5. The minimum absolute atomic E-state index is 0.134. The number of hydrogen-bond acceptors (Lipinski definition) is 4. The second-order valence-electron chi connectivity index (χ2n) is 5.03. The number of amides is 1. The Morgan fingerprint density at radius 3 is 2.40 bits per heavy atom. The third-order valence-electron chi connectivity index (χ3n) is 3.58. The zero-order valence-corrected chi connectivity index (χ0v) is 13.0.